The van der Waals surface area contributed by atoms with Gasteiger partial charge in [-0.15, -0.1) is 0 Å². The Labute approximate surface area is 129 Å². The molecule has 6 nitrogen and oxygen atoms in total. The number of fused-ring (bicyclic) bond motifs is 1. The molecule has 1 aromatic carbocycles. The summed E-state index contributed by atoms with van der Waals surface area (Å²) in [5.74, 6) is -0.286. The van der Waals surface area contributed by atoms with Crippen molar-refractivity contribution in [2.75, 3.05) is 39.4 Å². The highest BCUT2D eigenvalue weighted by atomic mass is 16.5. The predicted molar refractivity (Wildman–Crippen MR) is 81.7 cm³/mol. The van der Waals surface area contributed by atoms with E-state index in [2.05, 4.69) is 15.5 Å². The first kappa shape index (κ1) is 15.0. The van der Waals surface area contributed by atoms with E-state index in [4.69, 9.17) is 4.74 Å². The second kappa shape index (κ2) is 6.89. The fourth-order valence-corrected chi connectivity index (χ4v) is 2.87. The molecule has 6 heteroatoms. The summed E-state index contributed by atoms with van der Waals surface area (Å²) >= 11 is 0. The normalized spacial score (nSPS) is 21.8. The highest BCUT2D eigenvalue weighted by Crippen LogP contribution is 2.16. The summed E-state index contributed by atoms with van der Waals surface area (Å²) in [5, 5.41) is 5.69. The Morgan fingerprint density at radius 1 is 1.32 bits per heavy atom. The van der Waals surface area contributed by atoms with Crippen LogP contribution in [0.2, 0.25) is 0 Å². The summed E-state index contributed by atoms with van der Waals surface area (Å²) in [7, 11) is 0. The number of nitrogens with one attached hydrogen (secondary N) is 2. The molecular weight excluding hydrogens is 282 g/mol. The summed E-state index contributed by atoms with van der Waals surface area (Å²) in [6.07, 6.45) is 0.547. The van der Waals surface area contributed by atoms with E-state index in [0.717, 1.165) is 38.4 Å². The molecule has 2 heterocycles. The van der Waals surface area contributed by atoms with Crippen molar-refractivity contribution in [3.8, 4) is 0 Å². The number of hydrogen-bond acceptors (Lipinski definition) is 4. The third-order valence-corrected chi connectivity index (χ3v) is 4.14. The van der Waals surface area contributed by atoms with Crippen LogP contribution in [0, 0.1) is 0 Å². The maximum atomic E-state index is 12.2. The van der Waals surface area contributed by atoms with Crippen LogP contribution in [0.3, 0.4) is 0 Å². The molecule has 1 fully saturated rings. The number of morpholine rings is 1. The van der Waals surface area contributed by atoms with Gasteiger partial charge in [-0.05, 0) is 11.6 Å². The van der Waals surface area contributed by atoms with Crippen molar-refractivity contribution in [2.24, 2.45) is 0 Å². The molecular formula is C16H21N3O3. The standard InChI is InChI=1S/C16H21N3O3/c20-15-13-4-2-1-3-12(13)11-14(18-15)16(21)17-5-6-19-7-9-22-10-8-19/h1-4,14H,5-11H2,(H,17,21)(H,18,20)/t14-/m1/s1. The zero-order chi connectivity index (χ0) is 15.4. The van der Waals surface area contributed by atoms with Gasteiger partial charge >= 0.3 is 0 Å². The first-order valence-corrected chi connectivity index (χ1v) is 7.70. The fraction of sp³-hybridized carbons (Fsp3) is 0.500. The number of carbonyl (C=O) groups excluding carboxylic acids is 2. The number of amides is 2. The average Bonchev–Trinajstić information content (AvgIpc) is 2.56. The van der Waals surface area contributed by atoms with Gasteiger partial charge < -0.3 is 15.4 Å². The Balaban J connectivity index is 1.50. The summed E-state index contributed by atoms with van der Waals surface area (Å²) in [5.41, 5.74) is 1.60. The van der Waals surface area contributed by atoms with Crippen LogP contribution < -0.4 is 10.6 Å². The Kier molecular flexibility index (Phi) is 4.70. The Bertz CT molecular complexity index is 555. The van der Waals surface area contributed by atoms with E-state index in [1.54, 1.807) is 6.07 Å². The van der Waals surface area contributed by atoms with E-state index in [1.807, 2.05) is 18.2 Å². The lowest BCUT2D eigenvalue weighted by Gasteiger charge is -2.28. The minimum atomic E-state index is -0.480. The SMILES string of the molecule is O=C1N[C@@H](C(=O)NCCN2CCOCC2)Cc2ccccc21. The van der Waals surface area contributed by atoms with Gasteiger partial charge in [0.25, 0.3) is 5.91 Å². The molecule has 0 radical (unpaired) electrons. The maximum absolute atomic E-state index is 12.2. The first-order chi connectivity index (χ1) is 10.7. The number of carbonyl (C=O) groups is 2. The highest BCUT2D eigenvalue weighted by Gasteiger charge is 2.28. The van der Waals surface area contributed by atoms with Crippen LogP contribution in [0.1, 0.15) is 15.9 Å². The van der Waals surface area contributed by atoms with Crippen molar-refractivity contribution in [3.63, 3.8) is 0 Å². The van der Waals surface area contributed by atoms with Crippen LogP contribution >= 0.6 is 0 Å². The molecule has 2 amide bonds. The van der Waals surface area contributed by atoms with Gasteiger partial charge in [0.2, 0.25) is 5.91 Å². The minimum absolute atomic E-state index is 0.115. The zero-order valence-electron chi connectivity index (χ0n) is 12.5. The van der Waals surface area contributed by atoms with Crippen molar-refractivity contribution in [1.29, 1.82) is 0 Å². The highest BCUT2D eigenvalue weighted by molar-refractivity contribution is 6.00. The van der Waals surface area contributed by atoms with Gasteiger partial charge in [0.1, 0.15) is 6.04 Å². The van der Waals surface area contributed by atoms with E-state index < -0.39 is 6.04 Å². The van der Waals surface area contributed by atoms with E-state index in [9.17, 15) is 9.59 Å². The van der Waals surface area contributed by atoms with Crippen molar-refractivity contribution >= 4 is 11.8 Å². The number of hydrogen-bond donors (Lipinski definition) is 2. The molecule has 0 aromatic heterocycles. The van der Waals surface area contributed by atoms with Crippen LogP contribution in [0.25, 0.3) is 0 Å². The Hall–Kier alpha value is -1.92. The molecule has 0 unspecified atom stereocenters. The number of benzene rings is 1. The van der Waals surface area contributed by atoms with Gasteiger partial charge in [-0.1, -0.05) is 18.2 Å². The topological polar surface area (TPSA) is 70.7 Å². The molecule has 0 spiro atoms. The van der Waals surface area contributed by atoms with Crippen LogP contribution in [-0.4, -0.2) is 62.1 Å². The van der Waals surface area contributed by atoms with Gasteiger partial charge in [-0.3, -0.25) is 14.5 Å². The van der Waals surface area contributed by atoms with Crippen LogP contribution in [-0.2, 0) is 16.0 Å². The predicted octanol–water partition coefficient (Wildman–Crippen LogP) is -0.210. The van der Waals surface area contributed by atoms with Gasteiger partial charge in [0.05, 0.1) is 13.2 Å². The second-order valence-corrected chi connectivity index (χ2v) is 5.63. The van der Waals surface area contributed by atoms with Gasteiger partial charge in [-0.25, -0.2) is 0 Å². The smallest absolute Gasteiger partial charge is 0.252 e. The van der Waals surface area contributed by atoms with Gasteiger partial charge in [-0.2, -0.15) is 0 Å². The van der Waals surface area contributed by atoms with Crippen LogP contribution in [0.4, 0.5) is 0 Å². The molecule has 1 saturated heterocycles. The van der Waals surface area contributed by atoms with E-state index in [0.29, 0.717) is 18.5 Å². The lowest BCUT2D eigenvalue weighted by Crippen LogP contribution is -2.52. The zero-order valence-corrected chi connectivity index (χ0v) is 12.5. The van der Waals surface area contributed by atoms with Crippen LogP contribution in [0.15, 0.2) is 24.3 Å². The fourth-order valence-electron chi connectivity index (χ4n) is 2.87. The van der Waals surface area contributed by atoms with Crippen LogP contribution in [0.5, 0.6) is 0 Å². The molecule has 0 aliphatic carbocycles. The third kappa shape index (κ3) is 3.45. The largest absolute Gasteiger partial charge is 0.379 e. The molecule has 1 aromatic rings. The number of ether oxygens (including phenoxy) is 1. The number of rotatable bonds is 4. The quantitative estimate of drug-likeness (QED) is 0.807. The molecule has 3 rings (SSSR count). The molecule has 2 N–H and O–H groups in total. The van der Waals surface area contributed by atoms with E-state index in [1.165, 1.54) is 0 Å². The molecule has 0 saturated carbocycles. The molecule has 2 aliphatic heterocycles. The van der Waals surface area contributed by atoms with E-state index >= 15 is 0 Å². The van der Waals surface area contributed by atoms with Crippen molar-refractivity contribution in [1.82, 2.24) is 15.5 Å². The summed E-state index contributed by atoms with van der Waals surface area (Å²) in [6.45, 7) is 4.72. The second-order valence-electron chi connectivity index (χ2n) is 5.63. The first-order valence-electron chi connectivity index (χ1n) is 7.70. The summed E-state index contributed by atoms with van der Waals surface area (Å²) in [6, 6.07) is 6.94. The minimum Gasteiger partial charge on any atom is -0.379 e. The lowest BCUT2D eigenvalue weighted by molar-refractivity contribution is -0.123. The summed E-state index contributed by atoms with van der Waals surface area (Å²) in [4.78, 5) is 26.5. The van der Waals surface area contributed by atoms with Gasteiger partial charge in [0.15, 0.2) is 0 Å². The van der Waals surface area contributed by atoms with Crippen molar-refractivity contribution in [3.05, 3.63) is 35.4 Å². The molecule has 2 aliphatic rings. The average molecular weight is 303 g/mol. The lowest BCUT2D eigenvalue weighted by atomic mass is 9.95. The summed E-state index contributed by atoms with van der Waals surface area (Å²) < 4.78 is 5.29. The maximum Gasteiger partial charge on any atom is 0.252 e. The van der Waals surface area contributed by atoms with E-state index in [-0.39, 0.29) is 11.8 Å². The van der Waals surface area contributed by atoms with Crippen molar-refractivity contribution in [2.45, 2.75) is 12.5 Å². The van der Waals surface area contributed by atoms with Crippen molar-refractivity contribution < 1.29 is 14.3 Å². The Morgan fingerprint density at radius 3 is 2.91 bits per heavy atom. The Morgan fingerprint density at radius 2 is 2.09 bits per heavy atom. The molecule has 22 heavy (non-hydrogen) atoms. The molecule has 118 valence electrons. The van der Waals surface area contributed by atoms with Gasteiger partial charge in [0, 0.05) is 38.2 Å². The monoisotopic (exact) mass is 303 g/mol. The molecule has 0 bridgehead atoms. The molecule has 1 atom stereocenters. The number of nitrogens with zero attached hydrogens (tertiary/aromatic N) is 1. The third-order valence-electron chi connectivity index (χ3n) is 4.14.